The number of nitrogens with zero attached hydrogens (tertiary/aromatic N) is 3. The van der Waals surface area contributed by atoms with E-state index in [1.54, 1.807) is 0 Å². The van der Waals surface area contributed by atoms with Crippen molar-refractivity contribution in [3.8, 4) is 0 Å². The quantitative estimate of drug-likeness (QED) is 0.794. The van der Waals surface area contributed by atoms with Crippen molar-refractivity contribution in [1.82, 2.24) is 10.2 Å². The Bertz CT molecular complexity index is 311. The zero-order chi connectivity index (χ0) is 10.6. The van der Waals surface area contributed by atoms with Crippen molar-refractivity contribution in [3.05, 3.63) is 5.01 Å². The predicted octanol–water partition coefficient (Wildman–Crippen LogP) is 1.01. The third-order valence-electron chi connectivity index (χ3n) is 1.62. The molecule has 0 aliphatic rings. The van der Waals surface area contributed by atoms with Crippen LogP contribution in [0, 0.1) is 0 Å². The van der Waals surface area contributed by atoms with Crippen LogP contribution < -0.4 is 4.90 Å². The topological polar surface area (TPSA) is 66.3 Å². The summed E-state index contributed by atoms with van der Waals surface area (Å²) in [4.78, 5) is 12.1. The number of rotatable bonds is 5. The van der Waals surface area contributed by atoms with Gasteiger partial charge in [-0.1, -0.05) is 11.3 Å². The number of aryl methyl sites for hydroxylation is 1. The molecule has 0 atom stereocenters. The highest BCUT2D eigenvalue weighted by Crippen LogP contribution is 2.18. The first kappa shape index (κ1) is 10.9. The second-order valence-electron chi connectivity index (χ2n) is 3.12. The van der Waals surface area contributed by atoms with Crippen molar-refractivity contribution < 1.29 is 9.90 Å². The number of carboxylic acid groups (broad SMARTS) is 1. The minimum Gasteiger partial charge on any atom is -0.481 e. The molecule has 1 aromatic rings. The van der Waals surface area contributed by atoms with E-state index in [-0.39, 0.29) is 6.42 Å². The van der Waals surface area contributed by atoms with Crippen molar-refractivity contribution in [1.29, 1.82) is 0 Å². The van der Waals surface area contributed by atoms with Gasteiger partial charge in [0, 0.05) is 26.9 Å². The van der Waals surface area contributed by atoms with E-state index in [4.69, 9.17) is 5.11 Å². The van der Waals surface area contributed by atoms with Gasteiger partial charge in [-0.25, -0.2) is 0 Å². The number of hydrogen-bond acceptors (Lipinski definition) is 5. The number of aliphatic carboxylic acids is 1. The Morgan fingerprint density at radius 1 is 1.50 bits per heavy atom. The van der Waals surface area contributed by atoms with Crippen molar-refractivity contribution in [3.63, 3.8) is 0 Å². The summed E-state index contributed by atoms with van der Waals surface area (Å²) in [6, 6.07) is 0. The molecule has 0 saturated carbocycles. The molecule has 0 unspecified atom stereocenters. The number of carboxylic acids is 1. The standard InChI is InChI=1S/C8H13N3O2S/c1-11(2)8-10-9-6(14-8)4-3-5-7(12)13/h3-5H2,1-2H3,(H,12,13). The van der Waals surface area contributed by atoms with Gasteiger partial charge < -0.3 is 10.0 Å². The number of aromatic nitrogens is 2. The summed E-state index contributed by atoms with van der Waals surface area (Å²) >= 11 is 1.50. The average molecular weight is 215 g/mol. The van der Waals surface area contributed by atoms with Gasteiger partial charge in [0.25, 0.3) is 0 Å². The minimum atomic E-state index is -0.762. The van der Waals surface area contributed by atoms with Gasteiger partial charge in [0.05, 0.1) is 0 Å². The van der Waals surface area contributed by atoms with E-state index < -0.39 is 5.97 Å². The smallest absolute Gasteiger partial charge is 0.303 e. The maximum Gasteiger partial charge on any atom is 0.303 e. The lowest BCUT2D eigenvalue weighted by Crippen LogP contribution is -2.07. The molecular weight excluding hydrogens is 202 g/mol. The van der Waals surface area contributed by atoms with Crippen LogP contribution in [0.15, 0.2) is 0 Å². The van der Waals surface area contributed by atoms with Gasteiger partial charge in [-0.2, -0.15) is 0 Å². The summed E-state index contributed by atoms with van der Waals surface area (Å²) < 4.78 is 0. The second kappa shape index (κ2) is 4.90. The van der Waals surface area contributed by atoms with Gasteiger partial charge in [-0.15, -0.1) is 10.2 Å². The fourth-order valence-electron chi connectivity index (χ4n) is 0.917. The van der Waals surface area contributed by atoms with Gasteiger partial charge in [0.15, 0.2) is 0 Å². The van der Waals surface area contributed by atoms with Gasteiger partial charge in [0.2, 0.25) is 5.13 Å². The predicted molar refractivity (Wildman–Crippen MR) is 54.8 cm³/mol. The molecule has 0 bridgehead atoms. The van der Waals surface area contributed by atoms with E-state index in [0.717, 1.165) is 10.1 Å². The Hall–Kier alpha value is -1.17. The maximum atomic E-state index is 10.3. The van der Waals surface area contributed by atoms with Crippen molar-refractivity contribution in [2.45, 2.75) is 19.3 Å². The summed E-state index contributed by atoms with van der Waals surface area (Å²) in [5.74, 6) is -0.762. The molecule has 0 saturated heterocycles. The Morgan fingerprint density at radius 2 is 2.21 bits per heavy atom. The van der Waals surface area contributed by atoms with Gasteiger partial charge in [0.1, 0.15) is 5.01 Å². The molecule has 0 amide bonds. The molecular formula is C8H13N3O2S. The molecule has 0 aliphatic carbocycles. The lowest BCUT2D eigenvalue weighted by molar-refractivity contribution is -0.137. The summed E-state index contributed by atoms with van der Waals surface area (Å²) in [6.45, 7) is 0. The highest BCUT2D eigenvalue weighted by Gasteiger charge is 2.06. The van der Waals surface area contributed by atoms with E-state index in [9.17, 15) is 4.79 Å². The van der Waals surface area contributed by atoms with Gasteiger partial charge in [-0.3, -0.25) is 4.79 Å². The van der Waals surface area contributed by atoms with Crippen LogP contribution in [0.4, 0.5) is 5.13 Å². The zero-order valence-electron chi connectivity index (χ0n) is 8.23. The van der Waals surface area contributed by atoms with E-state index in [1.165, 1.54) is 11.3 Å². The molecule has 78 valence electrons. The van der Waals surface area contributed by atoms with Crippen LogP contribution in [-0.2, 0) is 11.2 Å². The molecule has 1 aromatic heterocycles. The molecule has 14 heavy (non-hydrogen) atoms. The largest absolute Gasteiger partial charge is 0.481 e. The lowest BCUT2D eigenvalue weighted by Gasteiger charge is -2.03. The molecule has 1 rings (SSSR count). The third kappa shape index (κ3) is 3.29. The number of hydrogen-bond donors (Lipinski definition) is 1. The van der Waals surface area contributed by atoms with Crippen LogP contribution in [0.25, 0.3) is 0 Å². The van der Waals surface area contributed by atoms with Crippen LogP contribution in [0.2, 0.25) is 0 Å². The molecule has 0 radical (unpaired) electrons. The highest BCUT2D eigenvalue weighted by atomic mass is 32.1. The van der Waals surface area contributed by atoms with Gasteiger partial charge >= 0.3 is 5.97 Å². The first-order valence-electron chi connectivity index (χ1n) is 4.31. The van der Waals surface area contributed by atoms with E-state index in [0.29, 0.717) is 12.8 Å². The molecule has 5 nitrogen and oxygen atoms in total. The van der Waals surface area contributed by atoms with Crippen LogP contribution in [0.3, 0.4) is 0 Å². The highest BCUT2D eigenvalue weighted by molar-refractivity contribution is 7.15. The van der Waals surface area contributed by atoms with Crippen LogP contribution in [-0.4, -0.2) is 35.4 Å². The molecule has 1 heterocycles. The molecule has 0 aliphatic heterocycles. The summed E-state index contributed by atoms with van der Waals surface area (Å²) in [5.41, 5.74) is 0. The monoisotopic (exact) mass is 215 g/mol. The van der Waals surface area contributed by atoms with Gasteiger partial charge in [-0.05, 0) is 6.42 Å². The van der Waals surface area contributed by atoms with Crippen molar-refractivity contribution in [2.24, 2.45) is 0 Å². The molecule has 0 spiro atoms. The molecule has 0 fully saturated rings. The van der Waals surface area contributed by atoms with Crippen LogP contribution in [0.1, 0.15) is 17.8 Å². The fourth-order valence-corrected chi connectivity index (χ4v) is 1.72. The average Bonchev–Trinajstić information content (AvgIpc) is 2.52. The van der Waals surface area contributed by atoms with E-state index >= 15 is 0 Å². The Kier molecular flexibility index (Phi) is 3.82. The van der Waals surface area contributed by atoms with E-state index in [2.05, 4.69) is 10.2 Å². The molecule has 1 N–H and O–H groups in total. The SMILES string of the molecule is CN(C)c1nnc(CCCC(=O)O)s1. The summed E-state index contributed by atoms with van der Waals surface area (Å²) in [5, 5.41) is 18.1. The summed E-state index contributed by atoms with van der Waals surface area (Å²) in [7, 11) is 3.81. The second-order valence-corrected chi connectivity index (χ2v) is 4.16. The van der Waals surface area contributed by atoms with Crippen molar-refractivity contribution in [2.75, 3.05) is 19.0 Å². The molecule has 0 aromatic carbocycles. The number of anilines is 1. The Labute approximate surface area is 86.4 Å². The summed E-state index contributed by atoms with van der Waals surface area (Å²) in [6.07, 6.45) is 1.51. The first-order chi connectivity index (χ1) is 6.59. The Balaban J connectivity index is 2.40. The third-order valence-corrected chi connectivity index (χ3v) is 2.77. The Morgan fingerprint density at radius 3 is 2.71 bits per heavy atom. The van der Waals surface area contributed by atoms with Crippen LogP contribution in [0.5, 0.6) is 0 Å². The minimum absolute atomic E-state index is 0.191. The first-order valence-corrected chi connectivity index (χ1v) is 5.12. The van der Waals surface area contributed by atoms with E-state index in [1.807, 2.05) is 19.0 Å². The molecule has 6 heteroatoms. The lowest BCUT2D eigenvalue weighted by atomic mass is 10.2. The van der Waals surface area contributed by atoms with Crippen molar-refractivity contribution >= 4 is 22.4 Å². The maximum absolute atomic E-state index is 10.3. The normalized spacial score (nSPS) is 10.1. The fraction of sp³-hybridized carbons (Fsp3) is 0.625. The zero-order valence-corrected chi connectivity index (χ0v) is 9.04. The number of carbonyl (C=O) groups is 1. The van der Waals surface area contributed by atoms with Crippen LogP contribution >= 0.6 is 11.3 Å².